The van der Waals surface area contributed by atoms with Gasteiger partial charge < -0.3 is 0 Å². The van der Waals surface area contributed by atoms with E-state index in [4.69, 9.17) is 6.42 Å². The maximum Gasteiger partial charge on any atom is 0.0131 e. The van der Waals surface area contributed by atoms with Crippen LogP contribution in [-0.4, -0.2) is 0 Å². The van der Waals surface area contributed by atoms with E-state index in [-0.39, 0.29) is 0 Å². The Bertz CT molecular complexity index is 2000. The number of allylic oxidation sites excluding steroid dienone is 8. The lowest BCUT2D eigenvalue weighted by Gasteiger charge is -2.34. The zero-order valence-electron chi connectivity index (χ0n) is 24.2. The van der Waals surface area contributed by atoms with Crippen molar-refractivity contribution in [3.8, 4) is 56.9 Å². The molecule has 0 radical (unpaired) electrons. The predicted octanol–water partition coefficient (Wildman–Crippen LogP) is 11.3. The van der Waals surface area contributed by atoms with Gasteiger partial charge in [0.25, 0.3) is 0 Å². The van der Waals surface area contributed by atoms with Gasteiger partial charge in [-0.1, -0.05) is 127 Å². The monoisotopic (exact) mass is 548 g/mol. The molecule has 0 bridgehead atoms. The summed E-state index contributed by atoms with van der Waals surface area (Å²) in [5.74, 6) is 3.38. The SMILES string of the molecule is C#C/C=C\C(=C/C)c1cccc(-c2cccc(-c3cccc(-c4ccc5c(c4)-c4ccccc4C4C=CC=CC54)c3)c2)c1. The van der Waals surface area contributed by atoms with E-state index in [0.717, 1.165) is 11.1 Å². The van der Waals surface area contributed by atoms with Crippen LogP contribution in [-0.2, 0) is 0 Å². The van der Waals surface area contributed by atoms with E-state index in [1.54, 1.807) is 6.08 Å². The molecule has 0 amide bonds. The minimum Gasteiger partial charge on any atom is -0.115 e. The quantitative estimate of drug-likeness (QED) is 0.151. The first-order valence-electron chi connectivity index (χ1n) is 14.9. The molecule has 0 heteroatoms. The summed E-state index contributed by atoms with van der Waals surface area (Å²) in [7, 11) is 0. The standard InChI is InChI=1S/C43H32/c1-3-5-13-30(4-2)31-14-10-15-32(26-31)33-16-11-17-34(27-33)35-18-12-19-36(28-35)37-24-25-42-40-22-7-6-20-38(40)39-21-8-9-23-41(39)43(42)29-37/h1,4-29,38,40H,2H3/b13-5-,30-4+. The molecule has 43 heavy (non-hydrogen) atoms. The smallest absolute Gasteiger partial charge is 0.0131 e. The number of rotatable bonds is 5. The van der Waals surface area contributed by atoms with E-state index in [1.807, 2.05) is 13.0 Å². The summed E-state index contributed by atoms with van der Waals surface area (Å²) in [5.41, 5.74) is 15.0. The van der Waals surface area contributed by atoms with E-state index in [1.165, 1.54) is 55.6 Å². The largest absolute Gasteiger partial charge is 0.115 e. The van der Waals surface area contributed by atoms with Crippen molar-refractivity contribution in [2.45, 2.75) is 18.8 Å². The van der Waals surface area contributed by atoms with Gasteiger partial charge in [0.15, 0.2) is 0 Å². The lowest BCUT2D eigenvalue weighted by Crippen LogP contribution is -2.16. The summed E-state index contributed by atoms with van der Waals surface area (Å²) in [6.45, 7) is 2.04. The van der Waals surface area contributed by atoms with Crippen molar-refractivity contribution in [3.05, 3.63) is 174 Å². The minimum atomic E-state index is 0.383. The fourth-order valence-corrected chi connectivity index (χ4v) is 6.63. The Morgan fingerprint density at radius 1 is 0.581 bits per heavy atom. The zero-order chi connectivity index (χ0) is 29.2. The molecule has 0 aromatic heterocycles. The van der Waals surface area contributed by atoms with Crippen molar-refractivity contribution in [1.82, 2.24) is 0 Å². The molecule has 0 saturated heterocycles. The molecule has 2 atom stereocenters. The predicted molar refractivity (Wildman–Crippen MR) is 184 cm³/mol. The highest BCUT2D eigenvalue weighted by molar-refractivity contribution is 5.84. The van der Waals surface area contributed by atoms with Crippen LogP contribution in [0.15, 0.2) is 158 Å². The molecule has 0 spiro atoms. The molecule has 0 N–H and O–H groups in total. The summed E-state index contributed by atoms with van der Waals surface area (Å²) in [4.78, 5) is 0. The first kappa shape index (κ1) is 26.5. The molecular formula is C43H32. The summed E-state index contributed by atoms with van der Waals surface area (Å²) in [5, 5.41) is 0. The molecule has 2 unspecified atom stereocenters. The Kier molecular flexibility index (Phi) is 7.08. The van der Waals surface area contributed by atoms with E-state index in [2.05, 4.69) is 152 Å². The second-order valence-corrected chi connectivity index (χ2v) is 11.2. The number of terminal acetylenes is 1. The number of fused-ring (bicyclic) bond motifs is 6. The number of hydrogen-bond acceptors (Lipinski definition) is 0. The summed E-state index contributed by atoms with van der Waals surface area (Å²) in [6.07, 6.45) is 20.4. The number of benzene rings is 5. The van der Waals surface area contributed by atoms with Crippen LogP contribution in [0.1, 0.15) is 35.4 Å². The van der Waals surface area contributed by atoms with Crippen LogP contribution in [0.3, 0.4) is 0 Å². The Labute approximate surface area is 255 Å². The van der Waals surface area contributed by atoms with Gasteiger partial charge in [-0.25, -0.2) is 0 Å². The van der Waals surface area contributed by atoms with Crippen molar-refractivity contribution in [3.63, 3.8) is 0 Å². The van der Waals surface area contributed by atoms with Crippen LogP contribution >= 0.6 is 0 Å². The summed E-state index contributed by atoms with van der Waals surface area (Å²) >= 11 is 0. The van der Waals surface area contributed by atoms with Crippen LogP contribution in [0, 0.1) is 12.3 Å². The average molecular weight is 549 g/mol. The zero-order valence-corrected chi connectivity index (χ0v) is 24.2. The van der Waals surface area contributed by atoms with Crippen LogP contribution in [0.2, 0.25) is 0 Å². The van der Waals surface area contributed by atoms with Crippen LogP contribution in [0.4, 0.5) is 0 Å². The maximum absolute atomic E-state index is 5.45. The Hall–Kier alpha value is -5.38. The molecule has 2 aliphatic rings. The van der Waals surface area contributed by atoms with Gasteiger partial charge in [-0.3, -0.25) is 0 Å². The van der Waals surface area contributed by atoms with E-state index >= 15 is 0 Å². The van der Waals surface area contributed by atoms with Gasteiger partial charge >= 0.3 is 0 Å². The molecule has 7 rings (SSSR count). The van der Waals surface area contributed by atoms with E-state index < -0.39 is 0 Å². The van der Waals surface area contributed by atoms with Crippen LogP contribution in [0.5, 0.6) is 0 Å². The molecule has 0 heterocycles. The van der Waals surface area contributed by atoms with E-state index in [0.29, 0.717) is 11.8 Å². The molecule has 0 fully saturated rings. The second kappa shape index (κ2) is 11.5. The van der Waals surface area contributed by atoms with E-state index in [9.17, 15) is 0 Å². The highest BCUT2D eigenvalue weighted by Gasteiger charge is 2.31. The van der Waals surface area contributed by atoms with Gasteiger partial charge in [0.05, 0.1) is 0 Å². The van der Waals surface area contributed by atoms with Gasteiger partial charge in [0.1, 0.15) is 0 Å². The molecular weight excluding hydrogens is 516 g/mol. The highest BCUT2D eigenvalue weighted by atomic mass is 14.3. The van der Waals surface area contributed by atoms with Gasteiger partial charge in [0, 0.05) is 11.8 Å². The Morgan fingerprint density at radius 2 is 1.14 bits per heavy atom. The molecule has 5 aromatic carbocycles. The Balaban J connectivity index is 1.24. The molecule has 5 aromatic rings. The molecule has 0 nitrogen and oxygen atoms in total. The van der Waals surface area contributed by atoms with Crippen molar-refractivity contribution >= 4 is 5.57 Å². The average Bonchev–Trinajstić information content (AvgIpc) is 3.09. The lowest BCUT2D eigenvalue weighted by molar-refractivity contribution is 0.720. The third kappa shape index (κ3) is 5.01. The molecule has 2 aliphatic carbocycles. The third-order valence-electron chi connectivity index (χ3n) is 8.75. The van der Waals surface area contributed by atoms with Gasteiger partial charge in [-0.15, -0.1) is 6.42 Å². The molecule has 0 aliphatic heterocycles. The maximum atomic E-state index is 5.45. The summed E-state index contributed by atoms with van der Waals surface area (Å²) < 4.78 is 0. The minimum absolute atomic E-state index is 0.383. The second-order valence-electron chi connectivity index (χ2n) is 11.2. The Morgan fingerprint density at radius 3 is 1.77 bits per heavy atom. The summed E-state index contributed by atoms with van der Waals surface area (Å²) in [6, 6.07) is 42.3. The van der Waals surface area contributed by atoms with Gasteiger partial charge in [-0.2, -0.15) is 0 Å². The first-order chi connectivity index (χ1) is 21.2. The van der Waals surface area contributed by atoms with Crippen molar-refractivity contribution in [2.24, 2.45) is 0 Å². The van der Waals surface area contributed by atoms with Crippen molar-refractivity contribution in [2.75, 3.05) is 0 Å². The fraction of sp³-hybridized carbons (Fsp3) is 0.0698. The topological polar surface area (TPSA) is 0 Å². The lowest BCUT2D eigenvalue weighted by atomic mass is 9.69. The first-order valence-corrected chi connectivity index (χ1v) is 14.9. The number of hydrogen-bond donors (Lipinski definition) is 0. The highest BCUT2D eigenvalue weighted by Crippen LogP contribution is 2.50. The molecule has 0 saturated carbocycles. The fourth-order valence-electron chi connectivity index (χ4n) is 6.63. The third-order valence-corrected chi connectivity index (χ3v) is 8.75. The van der Waals surface area contributed by atoms with Gasteiger partial charge in [0.2, 0.25) is 0 Å². The molecule has 204 valence electrons. The van der Waals surface area contributed by atoms with Crippen molar-refractivity contribution in [1.29, 1.82) is 0 Å². The van der Waals surface area contributed by atoms with Crippen LogP contribution in [0.25, 0.3) is 50.1 Å². The van der Waals surface area contributed by atoms with Crippen molar-refractivity contribution < 1.29 is 0 Å². The van der Waals surface area contributed by atoms with Gasteiger partial charge in [-0.05, 0) is 110 Å². The van der Waals surface area contributed by atoms with Crippen LogP contribution < -0.4 is 0 Å². The normalized spacial score (nSPS) is 16.8.